The molecule has 1 aromatic heterocycles. The number of amides is 2. The van der Waals surface area contributed by atoms with Gasteiger partial charge in [-0.15, -0.1) is 6.58 Å². The molecular formula is C29H28N4O4. The van der Waals surface area contributed by atoms with Gasteiger partial charge in [0.2, 0.25) is 5.91 Å². The van der Waals surface area contributed by atoms with Crippen molar-refractivity contribution in [3.8, 4) is 0 Å². The minimum Gasteiger partial charge on any atom is -0.348 e. The molecule has 0 atom stereocenters. The topological polar surface area (TPSA) is 102 Å². The fraction of sp³-hybridized carbons (Fsp3) is 0.172. The van der Waals surface area contributed by atoms with Crippen molar-refractivity contribution in [2.24, 2.45) is 0 Å². The van der Waals surface area contributed by atoms with Gasteiger partial charge in [-0.05, 0) is 47.9 Å². The smallest absolute Gasteiger partial charge is 0.332 e. The Hall–Kier alpha value is -4.72. The zero-order valence-corrected chi connectivity index (χ0v) is 20.6. The number of rotatable bonds is 9. The lowest BCUT2D eigenvalue weighted by atomic mass is 10.1. The summed E-state index contributed by atoms with van der Waals surface area (Å²) in [7, 11) is 0. The fourth-order valence-corrected chi connectivity index (χ4v) is 4.05. The highest BCUT2D eigenvalue weighted by Gasteiger charge is 2.17. The first-order valence-corrected chi connectivity index (χ1v) is 12.0. The molecule has 0 unspecified atom stereocenters. The Morgan fingerprint density at radius 3 is 2.32 bits per heavy atom. The van der Waals surface area contributed by atoms with E-state index in [1.54, 1.807) is 12.1 Å². The number of carbonyl (C=O) groups is 2. The average molecular weight is 497 g/mol. The van der Waals surface area contributed by atoms with Crippen molar-refractivity contribution >= 4 is 28.4 Å². The standard InChI is InChI=1S/C29H28N4O4/c1-3-16-32-28(36)24-15-12-22(27(35)30-18-21-8-6-5-7-9-21)17-25(24)33(29(32)37)19-26(34)31-23-13-10-20(4-2)11-14-23/h3,5-15,17H,1,4,16,18-19H2,2H3,(H,30,35)(H,31,34). The molecule has 8 heteroatoms. The molecule has 0 aliphatic rings. The van der Waals surface area contributed by atoms with Gasteiger partial charge in [0.1, 0.15) is 6.54 Å². The van der Waals surface area contributed by atoms with E-state index in [0.29, 0.717) is 12.2 Å². The number of allylic oxidation sites excluding steroid dienone is 1. The molecule has 0 bridgehead atoms. The van der Waals surface area contributed by atoms with Crippen molar-refractivity contribution in [2.45, 2.75) is 33.0 Å². The summed E-state index contributed by atoms with van der Waals surface area (Å²) in [5.41, 5.74) is 1.98. The highest BCUT2D eigenvalue weighted by atomic mass is 16.2. The van der Waals surface area contributed by atoms with E-state index in [0.717, 1.165) is 22.1 Å². The van der Waals surface area contributed by atoms with Crippen LogP contribution in [0.1, 0.15) is 28.4 Å². The number of fused-ring (bicyclic) bond motifs is 1. The molecule has 4 aromatic rings. The van der Waals surface area contributed by atoms with Gasteiger partial charge in [0.25, 0.3) is 11.5 Å². The van der Waals surface area contributed by atoms with Crippen LogP contribution in [0.5, 0.6) is 0 Å². The lowest BCUT2D eigenvalue weighted by Gasteiger charge is -2.15. The summed E-state index contributed by atoms with van der Waals surface area (Å²) < 4.78 is 2.23. The van der Waals surface area contributed by atoms with Gasteiger partial charge in [-0.2, -0.15) is 0 Å². The molecule has 8 nitrogen and oxygen atoms in total. The summed E-state index contributed by atoms with van der Waals surface area (Å²) in [6.45, 7) is 5.64. The molecule has 0 radical (unpaired) electrons. The van der Waals surface area contributed by atoms with E-state index in [1.807, 2.05) is 49.4 Å². The maximum absolute atomic E-state index is 13.3. The quantitative estimate of drug-likeness (QED) is 0.346. The Bertz CT molecular complexity index is 1570. The van der Waals surface area contributed by atoms with Crippen LogP contribution >= 0.6 is 0 Å². The normalized spacial score (nSPS) is 10.7. The predicted molar refractivity (Wildman–Crippen MR) is 145 cm³/mol. The molecule has 0 aliphatic carbocycles. The van der Waals surface area contributed by atoms with Gasteiger partial charge in [-0.3, -0.25) is 23.5 Å². The van der Waals surface area contributed by atoms with Gasteiger partial charge < -0.3 is 10.6 Å². The third kappa shape index (κ3) is 5.75. The van der Waals surface area contributed by atoms with E-state index < -0.39 is 17.2 Å². The van der Waals surface area contributed by atoms with Gasteiger partial charge in [0, 0.05) is 24.3 Å². The zero-order valence-electron chi connectivity index (χ0n) is 20.6. The van der Waals surface area contributed by atoms with Crippen molar-refractivity contribution in [2.75, 3.05) is 5.32 Å². The second-order valence-corrected chi connectivity index (χ2v) is 8.57. The van der Waals surface area contributed by atoms with Crippen molar-refractivity contribution in [1.29, 1.82) is 0 Å². The third-order valence-electron chi connectivity index (χ3n) is 6.04. The largest absolute Gasteiger partial charge is 0.348 e. The van der Waals surface area contributed by atoms with E-state index in [1.165, 1.54) is 28.8 Å². The first-order valence-electron chi connectivity index (χ1n) is 12.0. The maximum atomic E-state index is 13.3. The summed E-state index contributed by atoms with van der Waals surface area (Å²) in [5, 5.41) is 5.85. The summed E-state index contributed by atoms with van der Waals surface area (Å²) in [6, 6.07) is 21.4. The Labute approximate surface area is 213 Å². The van der Waals surface area contributed by atoms with Crippen molar-refractivity contribution in [1.82, 2.24) is 14.5 Å². The molecule has 188 valence electrons. The fourth-order valence-electron chi connectivity index (χ4n) is 4.05. The molecule has 0 saturated carbocycles. The van der Waals surface area contributed by atoms with Crippen LogP contribution in [0.3, 0.4) is 0 Å². The van der Waals surface area contributed by atoms with E-state index >= 15 is 0 Å². The number of aryl methyl sites for hydroxylation is 1. The first kappa shape index (κ1) is 25.4. The molecule has 0 aliphatic heterocycles. The number of benzene rings is 3. The molecule has 3 aromatic carbocycles. The van der Waals surface area contributed by atoms with E-state index in [4.69, 9.17) is 0 Å². The van der Waals surface area contributed by atoms with E-state index in [2.05, 4.69) is 17.2 Å². The molecule has 2 amide bonds. The van der Waals surface area contributed by atoms with E-state index in [-0.39, 0.29) is 35.5 Å². The summed E-state index contributed by atoms with van der Waals surface area (Å²) >= 11 is 0. The van der Waals surface area contributed by atoms with Crippen molar-refractivity contribution in [3.63, 3.8) is 0 Å². The number of hydrogen-bond donors (Lipinski definition) is 2. The lowest BCUT2D eigenvalue weighted by Crippen LogP contribution is -2.41. The van der Waals surface area contributed by atoms with Crippen LogP contribution in [-0.4, -0.2) is 20.9 Å². The van der Waals surface area contributed by atoms with Crippen LogP contribution in [0.4, 0.5) is 5.69 Å². The second-order valence-electron chi connectivity index (χ2n) is 8.57. The van der Waals surface area contributed by atoms with Crippen molar-refractivity contribution in [3.05, 3.63) is 123 Å². The molecule has 4 rings (SSSR count). The van der Waals surface area contributed by atoms with Gasteiger partial charge >= 0.3 is 5.69 Å². The Morgan fingerprint density at radius 2 is 1.65 bits per heavy atom. The lowest BCUT2D eigenvalue weighted by molar-refractivity contribution is -0.116. The molecule has 0 fully saturated rings. The van der Waals surface area contributed by atoms with Crippen LogP contribution in [0.15, 0.2) is 95.0 Å². The monoisotopic (exact) mass is 496 g/mol. The summed E-state index contributed by atoms with van der Waals surface area (Å²) in [6.07, 6.45) is 2.32. The van der Waals surface area contributed by atoms with Crippen molar-refractivity contribution < 1.29 is 9.59 Å². The first-order chi connectivity index (χ1) is 17.9. The molecule has 0 spiro atoms. The van der Waals surface area contributed by atoms with Gasteiger partial charge in [0.15, 0.2) is 0 Å². The van der Waals surface area contributed by atoms with Crippen LogP contribution in [0.25, 0.3) is 10.9 Å². The summed E-state index contributed by atoms with van der Waals surface area (Å²) in [4.78, 5) is 52.0. The number of carbonyl (C=O) groups excluding carboxylic acids is 2. The molecule has 2 N–H and O–H groups in total. The number of anilines is 1. The molecular weight excluding hydrogens is 468 g/mol. The van der Waals surface area contributed by atoms with Crippen LogP contribution in [0, 0.1) is 0 Å². The van der Waals surface area contributed by atoms with Gasteiger partial charge in [-0.25, -0.2) is 4.79 Å². The molecule has 37 heavy (non-hydrogen) atoms. The number of nitrogens with zero attached hydrogens (tertiary/aromatic N) is 2. The van der Waals surface area contributed by atoms with Gasteiger partial charge in [0.05, 0.1) is 10.9 Å². The highest BCUT2D eigenvalue weighted by molar-refractivity contribution is 5.98. The minimum absolute atomic E-state index is 0.00693. The van der Waals surface area contributed by atoms with E-state index in [9.17, 15) is 19.2 Å². The Kier molecular flexibility index (Phi) is 7.78. The third-order valence-corrected chi connectivity index (χ3v) is 6.04. The molecule has 1 heterocycles. The predicted octanol–water partition coefficient (Wildman–Crippen LogP) is 3.48. The zero-order chi connectivity index (χ0) is 26.4. The number of nitrogens with one attached hydrogen (secondary N) is 2. The summed E-state index contributed by atoms with van der Waals surface area (Å²) in [5.74, 6) is -0.795. The van der Waals surface area contributed by atoms with Crippen LogP contribution in [0.2, 0.25) is 0 Å². The second kappa shape index (κ2) is 11.3. The number of aromatic nitrogens is 2. The highest BCUT2D eigenvalue weighted by Crippen LogP contribution is 2.14. The Balaban J connectivity index is 1.68. The average Bonchev–Trinajstić information content (AvgIpc) is 2.92. The van der Waals surface area contributed by atoms with Crippen LogP contribution in [-0.2, 0) is 30.8 Å². The van der Waals surface area contributed by atoms with Crippen LogP contribution < -0.4 is 21.9 Å². The Morgan fingerprint density at radius 1 is 0.919 bits per heavy atom. The number of hydrogen-bond acceptors (Lipinski definition) is 4. The minimum atomic E-state index is -0.657. The van der Waals surface area contributed by atoms with Gasteiger partial charge in [-0.1, -0.05) is 55.5 Å². The molecule has 0 saturated heterocycles. The maximum Gasteiger partial charge on any atom is 0.332 e. The SMILES string of the molecule is C=CCn1c(=O)c2ccc(C(=O)NCc3ccccc3)cc2n(CC(=O)Nc2ccc(CC)cc2)c1=O.